The molecule has 0 unspecified atom stereocenters. The van der Waals surface area contributed by atoms with Crippen LogP contribution in [0.15, 0.2) is 12.2 Å². The highest BCUT2D eigenvalue weighted by atomic mass is 16.3. The van der Waals surface area contributed by atoms with E-state index in [1.807, 2.05) is 0 Å². The zero-order valence-electron chi connectivity index (χ0n) is 10.2. The van der Waals surface area contributed by atoms with Crippen LogP contribution in [0.25, 0.3) is 0 Å². The van der Waals surface area contributed by atoms with Crippen molar-refractivity contribution in [1.29, 1.82) is 0 Å². The molecule has 0 radical (unpaired) electrons. The lowest BCUT2D eigenvalue weighted by molar-refractivity contribution is 0.106. The van der Waals surface area contributed by atoms with E-state index < -0.39 is 0 Å². The molecule has 2 heteroatoms. The van der Waals surface area contributed by atoms with Crippen molar-refractivity contribution < 1.29 is 5.11 Å². The predicted molar refractivity (Wildman–Crippen MR) is 64.9 cm³/mol. The van der Waals surface area contributed by atoms with Gasteiger partial charge < -0.3 is 10.4 Å². The van der Waals surface area contributed by atoms with E-state index in [2.05, 4.69) is 25.7 Å². The van der Waals surface area contributed by atoms with E-state index in [9.17, 15) is 5.11 Å². The van der Waals surface area contributed by atoms with Gasteiger partial charge in [0, 0.05) is 5.54 Å². The Labute approximate surface area is 93.8 Å². The van der Waals surface area contributed by atoms with Gasteiger partial charge in [0.2, 0.25) is 0 Å². The number of nitrogens with one attached hydrogen (secondary N) is 1. The predicted octanol–water partition coefficient (Wildman–Crippen LogP) is 2.48. The Morgan fingerprint density at radius 1 is 1.47 bits per heavy atom. The van der Waals surface area contributed by atoms with Crippen molar-refractivity contribution in [1.82, 2.24) is 5.32 Å². The average molecular weight is 211 g/mol. The number of aliphatic hydroxyl groups is 1. The quantitative estimate of drug-likeness (QED) is 0.685. The molecular weight excluding hydrogens is 186 g/mol. The van der Waals surface area contributed by atoms with Crippen molar-refractivity contribution in [3.63, 3.8) is 0 Å². The molecule has 0 saturated heterocycles. The fourth-order valence-electron chi connectivity index (χ4n) is 2.25. The summed E-state index contributed by atoms with van der Waals surface area (Å²) in [5, 5.41) is 13.0. The van der Waals surface area contributed by atoms with Gasteiger partial charge in [-0.15, -0.1) is 6.58 Å². The molecule has 0 bridgehead atoms. The molecule has 88 valence electrons. The third kappa shape index (κ3) is 3.96. The van der Waals surface area contributed by atoms with Gasteiger partial charge in [0.05, 0.1) is 6.61 Å². The SMILES string of the molecule is C=C(C)CCNC1(CO)CCC(C)CC1. The van der Waals surface area contributed by atoms with E-state index in [4.69, 9.17) is 0 Å². The lowest BCUT2D eigenvalue weighted by atomic mass is 9.77. The fraction of sp³-hybridized carbons (Fsp3) is 0.846. The number of aliphatic hydroxyl groups excluding tert-OH is 1. The molecule has 0 amide bonds. The minimum Gasteiger partial charge on any atom is -0.394 e. The van der Waals surface area contributed by atoms with Crippen molar-refractivity contribution in [2.75, 3.05) is 13.2 Å². The van der Waals surface area contributed by atoms with Crippen LogP contribution >= 0.6 is 0 Å². The largest absolute Gasteiger partial charge is 0.394 e. The van der Waals surface area contributed by atoms with Crippen LogP contribution in [0.3, 0.4) is 0 Å². The average Bonchev–Trinajstić information content (AvgIpc) is 2.21. The lowest BCUT2D eigenvalue weighted by Gasteiger charge is -2.39. The molecule has 0 aliphatic heterocycles. The molecule has 1 aliphatic carbocycles. The van der Waals surface area contributed by atoms with E-state index in [0.717, 1.165) is 31.7 Å². The second kappa shape index (κ2) is 5.66. The zero-order valence-corrected chi connectivity index (χ0v) is 10.2. The molecule has 0 heterocycles. The first kappa shape index (κ1) is 12.7. The Bertz CT molecular complexity index is 205. The minimum atomic E-state index is 0.00194. The van der Waals surface area contributed by atoms with Crippen LogP contribution in [-0.4, -0.2) is 23.8 Å². The first-order valence-corrected chi connectivity index (χ1v) is 6.08. The molecular formula is C13H25NO. The topological polar surface area (TPSA) is 32.3 Å². The monoisotopic (exact) mass is 211 g/mol. The van der Waals surface area contributed by atoms with Crippen molar-refractivity contribution in [2.45, 2.75) is 51.5 Å². The van der Waals surface area contributed by atoms with Gasteiger partial charge in [0.25, 0.3) is 0 Å². The van der Waals surface area contributed by atoms with Gasteiger partial charge in [-0.3, -0.25) is 0 Å². The van der Waals surface area contributed by atoms with Gasteiger partial charge in [0.15, 0.2) is 0 Å². The van der Waals surface area contributed by atoms with Gasteiger partial charge >= 0.3 is 0 Å². The molecule has 0 spiro atoms. The first-order chi connectivity index (χ1) is 7.08. The van der Waals surface area contributed by atoms with Crippen molar-refractivity contribution in [2.24, 2.45) is 5.92 Å². The van der Waals surface area contributed by atoms with E-state index >= 15 is 0 Å². The highest BCUT2D eigenvalue weighted by Crippen LogP contribution is 2.31. The molecule has 2 nitrogen and oxygen atoms in total. The van der Waals surface area contributed by atoms with E-state index in [0.29, 0.717) is 0 Å². The van der Waals surface area contributed by atoms with Crippen LogP contribution in [-0.2, 0) is 0 Å². The Morgan fingerprint density at radius 3 is 2.53 bits per heavy atom. The van der Waals surface area contributed by atoms with Crippen LogP contribution in [0.5, 0.6) is 0 Å². The number of hydrogen-bond donors (Lipinski definition) is 2. The summed E-state index contributed by atoms with van der Waals surface area (Å²) < 4.78 is 0. The Hall–Kier alpha value is -0.340. The molecule has 1 rings (SSSR count). The van der Waals surface area contributed by atoms with Gasteiger partial charge in [-0.25, -0.2) is 0 Å². The maximum atomic E-state index is 9.51. The highest BCUT2D eigenvalue weighted by Gasteiger charge is 2.32. The van der Waals surface area contributed by atoms with Gasteiger partial charge in [-0.05, 0) is 51.5 Å². The maximum Gasteiger partial charge on any atom is 0.0613 e. The summed E-state index contributed by atoms with van der Waals surface area (Å²) in [6.45, 7) is 9.47. The van der Waals surface area contributed by atoms with Crippen molar-refractivity contribution >= 4 is 0 Å². The molecule has 2 N–H and O–H groups in total. The maximum absolute atomic E-state index is 9.51. The second-order valence-electron chi connectivity index (χ2n) is 5.25. The summed E-state index contributed by atoms with van der Waals surface area (Å²) in [5.74, 6) is 0.826. The smallest absolute Gasteiger partial charge is 0.0613 e. The summed E-state index contributed by atoms with van der Waals surface area (Å²) >= 11 is 0. The van der Waals surface area contributed by atoms with E-state index in [1.54, 1.807) is 0 Å². The standard InChI is InChI=1S/C13H25NO/c1-11(2)6-9-14-13(10-15)7-4-12(3)5-8-13/h12,14-15H,1,4-10H2,2-3H3. The summed E-state index contributed by atoms with van der Waals surface area (Å²) in [5.41, 5.74) is 1.21. The van der Waals surface area contributed by atoms with Crippen LogP contribution in [0, 0.1) is 5.92 Å². The first-order valence-electron chi connectivity index (χ1n) is 6.08. The molecule has 1 fully saturated rings. The van der Waals surface area contributed by atoms with Gasteiger partial charge in [-0.1, -0.05) is 12.5 Å². The second-order valence-corrected chi connectivity index (χ2v) is 5.25. The lowest BCUT2D eigenvalue weighted by Crippen LogP contribution is -2.51. The molecule has 15 heavy (non-hydrogen) atoms. The van der Waals surface area contributed by atoms with Crippen LogP contribution in [0.2, 0.25) is 0 Å². The van der Waals surface area contributed by atoms with Gasteiger partial charge in [0.1, 0.15) is 0 Å². The summed E-state index contributed by atoms with van der Waals surface area (Å²) in [7, 11) is 0. The Morgan fingerprint density at radius 2 is 2.07 bits per heavy atom. The van der Waals surface area contributed by atoms with E-state index in [-0.39, 0.29) is 12.1 Å². The van der Waals surface area contributed by atoms with Crippen LogP contribution in [0.1, 0.15) is 46.0 Å². The van der Waals surface area contributed by atoms with Crippen molar-refractivity contribution in [3.05, 3.63) is 12.2 Å². The molecule has 1 aliphatic rings. The van der Waals surface area contributed by atoms with E-state index in [1.165, 1.54) is 18.4 Å². The van der Waals surface area contributed by atoms with Crippen molar-refractivity contribution in [3.8, 4) is 0 Å². The molecule has 0 aromatic carbocycles. The third-order valence-corrected chi connectivity index (χ3v) is 3.59. The summed E-state index contributed by atoms with van der Waals surface area (Å²) in [4.78, 5) is 0. The Kier molecular flexibility index (Phi) is 4.81. The molecule has 0 aromatic rings. The Balaban J connectivity index is 2.36. The third-order valence-electron chi connectivity index (χ3n) is 3.59. The highest BCUT2D eigenvalue weighted by molar-refractivity contribution is 4.94. The molecule has 0 aromatic heterocycles. The normalized spacial score (nSPS) is 31.5. The number of rotatable bonds is 5. The molecule has 0 atom stereocenters. The number of hydrogen-bond acceptors (Lipinski definition) is 2. The van der Waals surface area contributed by atoms with Gasteiger partial charge in [-0.2, -0.15) is 0 Å². The van der Waals surface area contributed by atoms with Crippen LogP contribution < -0.4 is 5.32 Å². The zero-order chi connectivity index (χ0) is 11.3. The fourth-order valence-corrected chi connectivity index (χ4v) is 2.25. The van der Waals surface area contributed by atoms with Crippen LogP contribution in [0.4, 0.5) is 0 Å². The summed E-state index contributed by atoms with van der Waals surface area (Å²) in [6, 6.07) is 0. The summed E-state index contributed by atoms with van der Waals surface area (Å²) in [6.07, 6.45) is 5.71. The minimum absolute atomic E-state index is 0.00194. The molecule has 1 saturated carbocycles.